The first-order valence-electron chi connectivity index (χ1n) is 16.8. The van der Waals surface area contributed by atoms with Crippen molar-refractivity contribution in [1.29, 1.82) is 0 Å². The van der Waals surface area contributed by atoms with E-state index in [0.29, 0.717) is 19.4 Å². The first kappa shape index (κ1) is 41.3. The van der Waals surface area contributed by atoms with Crippen LogP contribution in [0.15, 0.2) is 23.8 Å². The number of hydrogen-bond acceptors (Lipinski definition) is 8. The van der Waals surface area contributed by atoms with Crippen LogP contribution in [0.2, 0.25) is 0 Å². The van der Waals surface area contributed by atoms with E-state index in [2.05, 4.69) is 5.32 Å². The Morgan fingerprint density at radius 3 is 2.20 bits per heavy atom. The summed E-state index contributed by atoms with van der Waals surface area (Å²) >= 11 is 0. The smallest absolute Gasteiger partial charge is 0.328 e. The van der Waals surface area contributed by atoms with E-state index < -0.39 is 36.2 Å². The van der Waals surface area contributed by atoms with Crippen LogP contribution in [0.3, 0.4) is 0 Å². The van der Waals surface area contributed by atoms with Crippen LogP contribution in [0.25, 0.3) is 0 Å². The van der Waals surface area contributed by atoms with E-state index in [4.69, 9.17) is 19.9 Å². The molecule has 0 aromatic rings. The third kappa shape index (κ3) is 11.2. The van der Waals surface area contributed by atoms with Gasteiger partial charge in [-0.3, -0.25) is 14.4 Å². The molecule has 1 fully saturated rings. The highest BCUT2D eigenvalue weighted by Gasteiger charge is 2.42. The number of likely N-dealkylation sites (N-methyl/N-ethyl adjacent to an activating group) is 1. The minimum atomic E-state index is -0.865. The van der Waals surface area contributed by atoms with Gasteiger partial charge in [-0.05, 0) is 43.6 Å². The average Bonchev–Trinajstić information content (AvgIpc) is 3.52. The SMILES string of the molecule is C/C=C\C(=C/CC)C[C@H](NC(=O)[C@H](C)C(OC)[C@@H]1CCCN1C(=O)C[C@@H](OC)C([C@@H](C)CC)N(C)C(=O)[C@@H](N)C(C)C)C(=O)OC. The lowest BCUT2D eigenvalue weighted by molar-refractivity contribution is -0.148. The molecular weight excluding hydrogens is 588 g/mol. The third-order valence-corrected chi connectivity index (χ3v) is 9.35. The number of esters is 1. The second-order valence-corrected chi connectivity index (χ2v) is 12.8. The molecule has 0 bridgehead atoms. The molecule has 0 aromatic heterocycles. The Hall–Kier alpha value is -2.76. The maximum Gasteiger partial charge on any atom is 0.328 e. The van der Waals surface area contributed by atoms with Gasteiger partial charge in [-0.15, -0.1) is 0 Å². The van der Waals surface area contributed by atoms with Gasteiger partial charge >= 0.3 is 5.97 Å². The maximum atomic E-state index is 13.9. The Balaban J connectivity index is 3.20. The summed E-state index contributed by atoms with van der Waals surface area (Å²) in [5.74, 6) is -1.83. The van der Waals surface area contributed by atoms with Crippen LogP contribution in [0.5, 0.6) is 0 Å². The molecule has 8 atom stereocenters. The summed E-state index contributed by atoms with van der Waals surface area (Å²) in [5.41, 5.74) is 7.14. The fraction of sp³-hybridized carbons (Fsp3) is 0.771. The number of allylic oxidation sites excluding steroid dienone is 3. The van der Waals surface area contributed by atoms with Crippen LogP contribution in [0.1, 0.15) is 87.0 Å². The van der Waals surface area contributed by atoms with E-state index in [-0.39, 0.29) is 48.1 Å². The molecule has 1 aliphatic rings. The minimum absolute atomic E-state index is 0.0309. The van der Waals surface area contributed by atoms with Gasteiger partial charge in [0.15, 0.2) is 0 Å². The molecule has 1 saturated heterocycles. The number of nitrogens with one attached hydrogen (secondary N) is 1. The van der Waals surface area contributed by atoms with Crippen LogP contribution in [0, 0.1) is 17.8 Å². The van der Waals surface area contributed by atoms with E-state index in [1.807, 2.05) is 59.8 Å². The molecule has 11 heteroatoms. The molecule has 11 nitrogen and oxygen atoms in total. The molecule has 3 amide bonds. The number of nitrogens with zero attached hydrogens (tertiary/aromatic N) is 2. The zero-order chi connectivity index (χ0) is 35.1. The number of rotatable bonds is 19. The summed E-state index contributed by atoms with van der Waals surface area (Å²) < 4.78 is 16.8. The van der Waals surface area contributed by atoms with Crippen LogP contribution in [-0.4, -0.2) is 105 Å². The highest BCUT2D eigenvalue weighted by atomic mass is 16.5. The maximum absolute atomic E-state index is 13.9. The lowest BCUT2D eigenvalue weighted by Gasteiger charge is -2.40. The Morgan fingerprint density at radius 1 is 1.04 bits per heavy atom. The van der Waals surface area contributed by atoms with Gasteiger partial charge in [0, 0.05) is 34.2 Å². The molecule has 0 spiro atoms. The molecule has 1 heterocycles. The second-order valence-electron chi connectivity index (χ2n) is 12.8. The van der Waals surface area contributed by atoms with Crippen molar-refractivity contribution in [3.8, 4) is 0 Å². The van der Waals surface area contributed by atoms with E-state index >= 15 is 0 Å². The predicted octanol–water partition coefficient (Wildman–Crippen LogP) is 3.85. The van der Waals surface area contributed by atoms with Gasteiger partial charge in [-0.1, -0.05) is 66.2 Å². The number of carbonyl (C=O) groups excluding carboxylic acids is 4. The molecule has 1 aliphatic heterocycles. The van der Waals surface area contributed by atoms with E-state index in [1.165, 1.54) is 14.2 Å². The molecule has 0 radical (unpaired) electrons. The Labute approximate surface area is 277 Å². The molecule has 46 heavy (non-hydrogen) atoms. The van der Waals surface area contributed by atoms with Crippen molar-refractivity contribution in [2.75, 3.05) is 34.9 Å². The van der Waals surface area contributed by atoms with Gasteiger partial charge < -0.3 is 35.1 Å². The van der Waals surface area contributed by atoms with Gasteiger partial charge in [-0.2, -0.15) is 0 Å². The van der Waals surface area contributed by atoms with Gasteiger partial charge in [0.2, 0.25) is 17.7 Å². The second kappa shape index (κ2) is 20.5. The van der Waals surface area contributed by atoms with Crippen molar-refractivity contribution >= 4 is 23.7 Å². The zero-order valence-corrected chi connectivity index (χ0v) is 30.2. The van der Waals surface area contributed by atoms with Gasteiger partial charge in [0.05, 0.1) is 49.8 Å². The first-order valence-corrected chi connectivity index (χ1v) is 16.8. The number of nitrogens with two attached hydrogens (primary N) is 1. The molecule has 264 valence electrons. The number of ether oxygens (including phenoxy) is 3. The number of hydrogen-bond donors (Lipinski definition) is 2. The summed E-state index contributed by atoms with van der Waals surface area (Å²) in [6.07, 6.45) is 8.02. The predicted molar refractivity (Wildman–Crippen MR) is 181 cm³/mol. The number of likely N-dealkylation sites (tertiary alicyclic amines) is 1. The molecule has 0 aliphatic carbocycles. The topological polar surface area (TPSA) is 140 Å². The van der Waals surface area contributed by atoms with Gasteiger partial charge in [0.25, 0.3) is 0 Å². The van der Waals surface area contributed by atoms with Crippen LogP contribution in [-0.2, 0) is 33.4 Å². The summed E-state index contributed by atoms with van der Waals surface area (Å²) in [7, 11) is 6.14. The standard InChI is InChI=1S/C35H62N4O7/c1-12-16-25(17-13-2)20-26(35(43)46-11)37-33(41)24(7)32(45-10)27-18-15-19-39(27)29(40)21-28(44-9)31(23(6)14-3)38(8)34(42)30(36)22(4)5/h12,16-17,22-24,26-28,30-32H,13-15,18-21,36H2,1-11H3,(H,37,41)/b16-12-,25-17+/t23-,24+,26-,27-,28+,30-,31?,32?/m0/s1. The Kier molecular flexibility index (Phi) is 18.4. The Bertz CT molecular complexity index is 1050. The van der Waals surface area contributed by atoms with Crippen molar-refractivity contribution in [1.82, 2.24) is 15.1 Å². The van der Waals surface area contributed by atoms with Crippen molar-refractivity contribution < 1.29 is 33.4 Å². The van der Waals surface area contributed by atoms with Crippen LogP contribution < -0.4 is 11.1 Å². The molecule has 1 rings (SSSR count). The monoisotopic (exact) mass is 650 g/mol. The summed E-state index contributed by atoms with van der Waals surface area (Å²) in [6.45, 7) is 14.1. The van der Waals surface area contributed by atoms with Crippen LogP contribution in [0.4, 0.5) is 0 Å². The first-order chi connectivity index (χ1) is 21.7. The molecule has 3 N–H and O–H groups in total. The van der Waals surface area contributed by atoms with Crippen molar-refractivity contribution in [3.05, 3.63) is 23.8 Å². The largest absolute Gasteiger partial charge is 0.467 e. The molecular formula is C35H62N4O7. The number of amides is 3. The quantitative estimate of drug-likeness (QED) is 0.159. The van der Waals surface area contributed by atoms with Crippen molar-refractivity contribution in [3.63, 3.8) is 0 Å². The van der Waals surface area contributed by atoms with E-state index in [9.17, 15) is 19.2 Å². The van der Waals surface area contributed by atoms with Gasteiger partial charge in [0.1, 0.15) is 6.04 Å². The van der Waals surface area contributed by atoms with Crippen molar-refractivity contribution in [2.24, 2.45) is 23.5 Å². The fourth-order valence-electron chi connectivity index (χ4n) is 6.40. The van der Waals surface area contributed by atoms with Crippen LogP contribution >= 0.6 is 0 Å². The summed E-state index contributed by atoms with van der Waals surface area (Å²) in [4.78, 5) is 56.8. The molecule has 2 unspecified atom stereocenters. The third-order valence-electron chi connectivity index (χ3n) is 9.35. The lowest BCUT2D eigenvalue weighted by Crippen LogP contribution is -2.56. The zero-order valence-electron chi connectivity index (χ0n) is 30.2. The summed E-state index contributed by atoms with van der Waals surface area (Å²) in [6, 6.07) is -2.22. The van der Waals surface area contributed by atoms with E-state index in [0.717, 1.165) is 24.8 Å². The van der Waals surface area contributed by atoms with E-state index in [1.54, 1.807) is 30.9 Å². The minimum Gasteiger partial charge on any atom is -0.467 e. The number of carbonyl (C=O) groups is 4. The lowest BCUT2D eigenvalue weighted by atomic mass is 9.89. The number of methoxy groups -OCH3 is 3. The highest BCUT2D eigenvalue weighted by molar-refractivity contribution is 5.86. The highest BCUT2D eigenvalue weighted by Crippen LogP contribution is 2.29. The average molecular weight is 651 g/mol. The Morgan fingerprint density at radius 2 is 1.70 bits per heavy atom. The normalized spacial score (nSPS) is 20.2. The fourth-order valence-corrected chi connectivity index (χ4v) is 6.40. The molecule has 0 saturated carbocycles. The summed E-state index contributed by atoms with van der Waals surface area (Å²) in [5, 5.41) is 2.87. The van der Waals surface area contributed by atoms with Crippen molar-refractivity contribution in [2.45, 2.75) is 123 Å². The molecule has 0 aromatic carbocycles. The van der Waals surface area contributed by atoms with Gasteiger partial charge in [-0.25, -0.2) is 4.79 Å².